The molecule has 0 radical (unpaired) electrons. The molecule has 7 heteroatoms. The molecule has 0 saturated carbocycles. The van der Waals surface area contributed by atoms with Crippen molar-refractivity contribution in [3.63, 3.8) is 0 Å². The fourth-order valence-corrected chi connectivity index (χ4v) is 2.11. The molecule has 0 amide bonds. The van der Waals surface area contributed by atoms with Gasteiger partial charge < -0.3 is 5.32 Å². The average Bonchev–Trinajstić information content (AvgIpc) is 2.81. The van der Waals surface area contributed by atoms with E-state index < -0.39 is 0 Å². The molecule has 0 atom stereocenters. The molecule has 2 aromatic heterocycles. The molecule has 0 aromatic carbocycles. The van der Waals surface area contributed by atoms with Crippen LogP contribution in [-0.2, 0) is 12.8 Å². The number of hydrogen-bond donors (Lipinski definition) is 1. The first-order valence-electron chi connectivity index (χ1n) is 5.81. The quantitative estimate of drug-likeness (QED) is 0.801. The second-order valence-electron chi connectivity index (χ2n) is 3.77. The molecule has 2 heterocycles. The molecule has 0 unspecified atom stereocenters. The van der Waals surface area contributed by atoms with Crippen LogP contribution in [0.15, 0.2) is 23.9 Å². The normalized spacial score (nSPS) is 10.6. The maximum atomic E-state index is 4.36. The largest absolute Gasteiger partial charge is 0.369 e. The first kappa shape index (κ1) is 12.8. The molecular formula is C11H16N6S. The van der Waals surface area contributed by atoms with Gasteiger partial charge in [0.1, 0.15) is 12.1 Å². The van der Waals surface area contributed by atoms with Gasteiger partial charge in [-0.1, -0.05) is 18.7 Å². The van der Waals surface area contributed by atoms with Crippen LogP contribution in [0.2, 0.25) is 0 Å². The molecule has 6 nitrogen and oxygen atoms in total. The summed E-state index contributed by atoms with van der Waals surface area (Å²) in [6.07, 6.45) is 6.18. The molecule has 18 heavy (non-hydrogen) atoms. The predicted octanol–water partition coefficient (Wildman–Crippen LogP) is 1.72. The number of aryl methyl sites for hydroxylation is 1. The van der Waals surface area contributed by atoms with E-state index in [9.17, 15) is 0 Å². The van der Waals surface area contributed by atoms with Gasteiger partial charge in [0, 0.05) is 19.3 Å². The van der Waals surface area contributed by atoms with E-state index in [0.717, 1.165) is 35.4 Å². The summed E-state index contributed by atoms with van der Waals surface area (Å²) >= 11 is 1.60. The summed E-state index contributed by atoms with van der Waals surface area (Å²) in [5.74, 6) is 1.57. The zero-order valence-electron chi connectivity index (χ0n) is 10.5. The highest BCUT2D eigenvalue weighted by molar-refractivity contribution is 7.98. The summed E-state index contributed by atoms with van der Waals surface area (Å²) in [4.78, 5) is 12.8. The fourth-order valence-electron chi connectivity index (χ4n) is 1.33. The van der Waals surface area contributed by atoms with Crippen LogP contribution in [0.3, 0.4) is 0 Å². The van der Waals surface area contributed by atoms with Crippen molar-refractivity contribution in [1.29, 1.82) is 0 Å². The van der Waals surface area contributed by atoms with Crippen molar-refractivity contribution in [3.8, 4) is 0 Å². The molecular weight excluding hydrogens is 248 g/mol. The third kappa shape index (κ3) is 3.43. The second-order valence-corrected chi connectivity index (χ2v) is 4.72. The van der Waals surface area contributed by atoms with E-state index in [-0.39, 0.29) is 0 Å². The lowest BCUT2D eigenvalue weighted by Crippen LogP contribution is -2.03. The lowest BCUT2D eigenvalue weighted by Gasteiger charge is -2.04. The van der Waals surface area contributed by atoms with Crippen molar-refractivity contribution in [1.82, 2.24) is 24.7 Å². The van der Waals surface area contributed by atoms with E-state index in [4.69, 9.17) is 0 Å². The first-order chi connectivity index (χ1) is 8.79. The van der Waals surface area contributed by atoms with Gasteiger partial charge in [-0.3, -0.25) is 4.98 Å². The standard InChI is InChI=1S/C11H16N6S/c1-3-4-12-10-6-13-9(5-14-10)7-18-11-15-8-16-17(11)2/h5-6,8H,3-4,7H2,1-2H3,(H,12,14). The minimum Gasteiger partial charge on any atom is -0.369 e. The number of hydrogen-bond acceptors (Lipinski definition) is 6. The van der Waals surface area contributed by atoms with Crippen molar-refractivity contribution in [2.45, 2.75) is 24.3 Å². The van der Waals surface area contributed by atoms with Gasteiger partial charge >= 0.3 is 0 Å². The molecule has 96 valence electrons. The van der Waals surface area contributed by atoms with Crippen molar-refractivity contribution < 1.29 is 0 Å². The third-order valence-corrected chi connectivity index (χ3v) is 3.35. The summed E-state index contributed by atoms with van der Waals surface area (Å²) in [7, 11) is 1.87. The Morgan fingerprint density at radius 2 is 2.17 bits per heavy atom. The lowest BCUT2D eigenvalue weighted by atomic mass is 10.4. The molecule has 1 N–H and O–H groups in total. The number of nitrogens with one attached hydrogen (secondary N) is 1. The van der Waals surface area contributed by atoms with Gasteiger partial charge in [0.15, 0.2) is 5.16 Å². The molecule has 0 aliphatic carbocycles. The van der Waals surface area contributed by atoms with Gasteiger partial charge in [-0.15, -0.1) is 0 Å². The minimum absolute atomic E-state index is 0.744. The maximum Gasteiger partial charge on any atom is 0.186 e. The third-order valence-electron chi connectivity index (χ3n) is 2.28. The van der Waals surface area contributed by atoms with Gasteiger partial charge in [0.2, 0.25) is 0 Å². The SMILES string of the molecule is CCCNc1cnc(CSc2ncnn2C)cn1. The van der Waals surface area contributed by atoms with Crippen LogP contribution in [0.5, 0.6) is 0 Å². The van der Waals surface area contributed by atoms with E-state index in [1.807, 2.05) is 7.05 Å². The number of anilines is 1. The molecule has 0 aliphatic rings. The van der Waals surface area contributed by atoms with Crippen LogP contribution in [0, 0.1) is 0 Å². The Bertz CT molecular complexity index is 481. The van der Waals surface area contributed by atoms with E-state index in [0.29, 0.717) is 0 Å². The monoisotopic (exact) mass is 264 g/mol. The minimum atomic E-state index is 0.744. The smallest absolute Gasteiger partial charge is 0.186 e. The fraction of sp³-hybridized carbons (Fsp3) is 0.455. The molecule has 2 rings (SSSR count). The van der Waals surface area contributed by atoms with E-state index >= 15 is 0 Å². The molecule has 0 saturated heterocycles. The average molecular weight is 264 g/mol. The summed E-state index contributed by atoms with van der Waals surface area (Å²) in [5.41, 5.74) is 0.935. The van der Waals surface area contributed by atoms with Crippen molar-refractivity contribution in [3.05, 3.63) is 24.4 Å². The summed E-state index contributed by atoms with van der Waals surface area (Å²) in [6, 6.07) is 0. The highest BCUT2D eigenvalue weighted by Gasteiger charge is 2.03. The summed E-state index contributed by atoms with van der Waals surface area (Å²) in [5, 5.41) is 8.09. The van der Waals surface area contributed by atoms with Crippen LogP contribution in [-0.4, -0.2) is 31.3 Å². The predicted molar refractivity (Wildman–Crippen MR) is 71.4 cm³/mol. The first-order valence-corrected chi connectivity index (χ1v) is 6.79. The van der Waals surface area contributed by atoms with Crippen LogP contribution < -0.4 is 5.32 Å². The molecule has 0 aliphatic heterocycles. The Balaban J connectivity index is 1.88. The number of nitrogens with zero attached hydrogens (tertiary/aromatic N) is 5. The van der Waals surface area contributed by atoms with Crippen LogP contribution in [0.1, 0.15) is 19.0 Å². The Hall–Kier alpha value is -1.63. The Morgan fingerprint density at radius 3 is 2.78 bits per heavy atom. The van der Waals surface area contributed by atoms with Crippen molar-refractivity contribution in [2.24, 2.45) is 7.05 Å². The lowest BCUT2D eigenvalue weighted by molar-refractivity contribution is 0.685. The maximum absolute atomic E-state index is 4.36. The van der Waals surface area contributed by atoms with Crippen molar-refractivity contribution in [2.75, 3.05) is 11.9 Å². The van der Waals surface area contributed by atoms with Crippen LogP contribution >= 0.6 is 11.8 Å². The number of thioether (sulfide) groups is 1. The Labute approximate surface area is 110 Å². The van der Waals surface area contributed by atoms with E-state index in [2.05, 4.69) is 32.3 Å². The van der Waals surface area contributed by atoms with Gasteiger partial charge in [0.05, 0.1) is 18.1 Å². The second kappa shape index (κ2) is 6.34. The molecule has 2 aromatic rings. The van der Waals surface area contributed by atoms with Gasteiger partial charge in [0.25, 0.3) is 0 Å². The molecule has 0 bridgehead atoms. The van der Waals surface area contributed by atoms with Gasteiger partial charge in [-0.05, 0) is 6.42 Å². The zero-order valence-corrected chi connectivity index (χ0v) is 11.3. The summed E-state index contributed by atoms with van der Waals surface area (Å²) < 4.78 is 1.75. The highest BCUT2D eigenvalue weighted by Crippen LogP contribution is 2.18. The topological polar surface area (TPSA) is 68.5 Å². The van der Waals surface area contributed by atoms with Crippen LogP contribution in [0.25, 0.3) is 0 Å². The molecule has 0 fully saturated rings. The zero-order chi connectivity index (χ0) is 12.8. The van der Waals surface area contributed by atoms with Crippen LogP contribution in [0.4, 0.5) is 5.82 Å². The van der Waals surface area contributed by atoms with E-state index in [1.165, 1.54) is 0 Å². The molecule has 0 spiro atoms. The Morgan fingerprint density at radius 1 is 1.28 bits per heavy atom. The van der Waals surface area contributed by atoms with Gasteiger partial charge in [-0.25, -0.2) is 14.6 Å². The highest BCUT2D eigenvalue weighted by atomic mass is 32.2. The summed E-state index contributed by atoms with van der Waals surface area (Å²) in [6.45, 7) is 3.04. The van der Waals surface area contributed by atoms with Crippen molar-refractivity contribution >= 4 is 17.6 Å². The number of rotatable bonds is 6. The van der Waals surface area contributed by atoms with Gasteiger partial charge in [-0.2, -0.15) is 5.10 Å². The van der Waals surface area contributed by atoms with E-state index in [1.54, 1.807) is 35.2 Å². The number of aromatic nitrogens is 5. The Kier molecular flexibility index (Phi) is 4.52.